The largest absolute Gasteiger partial charge is 0.496 e. The summed E-state index contributed by atoms with van der Waals surface area (Å²) in [6.45, 7) is 1.83. The lowest BCUT2D eigenvalue weighted by Crippen LogP contribution is -2.43. The van der Waals surface area contributed by atoms with Crippen LogP contribution in [0.3, 0.4) is 0 Å². The molecule has 0 aliphatic carbocycles. The Morgan fingerprint density at radius 3 is 2.79 bits per heavy atom. The van der Waals surface area contributed by atoms with Crippen LogP contribution in [0.2, 0.25) is 0 Å². The van der Waals surface area contributed by atoms with Crippen LogP contribution >= 0.6 is 27.7 Å². The number of rotatable bonds is 8. The van der Waals surface area contributed by atoms with Gasteiger partial charge in [0.05, 0.1) is 22.2 Å². The molecule has 0 bridgehead atoms. The Hall–Kier alpha value is -2.78. The van der Waals surface area contributed by atoms with E-state index in [0.717, 1.165) is 33.6 Å². The molecule has 0 spiro atoms. The van der Waals surface area contributed by atoms with Gasteiger partial charge in [-0.1, -0.05) is 30.0 Å². The van der Waals surface area contributed by atoms with E-state index in [4.69, 9.17) is 4.74 Å². The van der Waals surface area contributed by atoms with Crippen molar-refractivity contribution in [3.8, 4) is 5.75 Å². The predicted molar refractivity (Wildman–Crippen MR) is 137 cm³/mol. The first-order valence-electron chi connectivity index (χ1n) is 11.1. The molecule has 0 atom stereocenters. The highest BCUT2D eigenvalue weighted by Gasteiger charge is 2.30. The number of likely N-dealkylation sites (tertiary alicyclic amines) is 1. The number of halogens is 1. The molecule has 0 radical (unpaired) electrons. The van der Waals surface area contributed by atoms with Crippen molar-refractivity contribution in [2.75, 3.05) is 38.2 Å². The highest BCUT2D eigenvalue weighted by molar-refractivity contribution is 9.10. The molecule has 0 saturated carbocycles. The minimum absolute atomic E-state index is 0.0668. The summed E-state index contributed by atoms with van der Waals surface area (Å²) in [7, 11) is 1.60. The highest BCUT2D eigenvalue weighted by Crippen LogP contribution is 2.42. The Morgan fingerprint density at radius 1 is 1.24 bits per heavy atom. The second-order valence-corrected chi connectivity index (χ2v) is 9.99. The van der Waals surface area contributed by atoms with E-state index in [2.05, 4.69) is 21.2 Å². The summed E-state index contributed by atoms with van der Waals surface area (Å²) in [6, 6.07) is 13.2. The smallest absolute Gasteiger partial charge is 0.265 e. The Kier molecular flexibility index (Phi) is 7.95. The number of amides is 3. The highest BCUT2D eigenvalue weighted by atomic mass is 79.9. The van der Waals surface area contributed by atoms with Crippen LogP contribution in [-0.2, 0) is 14.4 Å². The van der Waals surface area contributed by atoms with Gasteiger partial charge in [0.15, 0.2) is 0 Å². The van der Waals surface area contributed by atoms with Crippen molar-refractivity contribution in [1.29, 1.82) is 0 Å². The van der Waals surface area contributed by atoms with Crippen molar-refractivity contribution in [3.05, 3.63) is 57.4 Å². The zero-order chi connectivity index (χ0) is 24.1. The van der Waals surface area contributed by atoms with Gasteiger partial charge in [-0.2, -0.15) is 0 Å². The molecule has 2 aromatic rings. The first kappa shape index (κ1) is 24.3. The van der Waals surface area contributed by atoms with Gasteiger partial charge < -0.3 is 15.0 Å². The van der Waals surface area contributed by atoms with Gasteiger partial charge in [0.2, 0.25) is 11.8 Å². The van der Waals surface area contributed by atoms with Gasteiger partial charge in [0, 0.05) is 31.0 Å². The number of para-hydroxylation sites is 1. The number of anilines is 1. The van der Waals surface area contributed by atoms with Gasteiger partial charge in [-0.3, -0.25) is 19.3 Å². The number of carbonyl (C=O) groups is 3. The molecule has 1 fully saturated rings. The van der Waals surface area contributed by atoms with Crippen LogP contribution in [0.25, 0.3) is 6.08 Å². The summed E-state index contributed by atoms with van der Waals surface area (Å²) < 4.78 is 6.08. The molecule has 9 heteroatoms. The van der Waals surface area contributed by atoms with Crippen molar-refractivity contribution in [2.45, 2.75) is 24.2 Å². The van der Waals surface area contributed by atoms with Crippen LogP contribution in [0.15, 0.2) is 56.7 Å². The molecule has 0 unspecified atom stereocenters. The molecule has 2 aliphatic rings. The maximum absolute atomic E-state index is 13.4. The maximum atomic E-state index is 13.4. The van der Waals surface area contributed by atoms with Crippen LogP contribution in [0, 0.1) is 0 Å². The SMILES string of the molecule is COc1ccc(/C=C2\Sc3ccccc3N(CC(=O)NCCCN3CCCC3=O)C2=O)cc1Br. The van der Waals surface area contributed by atoms with Crippen molar-refractivity contribution >= 4 is 57.2 Å². The monoisotopic (exact) mass is 543 g/mol. The average Bonchev–Trinajstić information content (AvgIpc) is 3.24. The van der Waals surface area contributed by atoms with E-state index in [9.17, 15) is 14.4 Å². The topological polar surface area (TPSA) is 79.0 Å². The number of nitrogens with one attached hydrogen (secondary N) is 1. The number of hydrogen-bond donors (Lipinski definition) is 1. The number of hydrogen-bond acceptors (Lipinski definition) is 5. The molecular weight excluding hydrogens is 518 g/mol. The third-order valence-corrected chi connectivity index (χ3v) is 7.40. The summed E-state index contributed by atoms with van der Waals surface area (Å²) in [5.41, 5.74) is 1.58. The Balaban J connectivity index is 1.44. The van der Waals surface area contributed by atoms with Gasteiger partial charge in [-0.25, -0.2) is 0 Å². The normalized spacial score (nSPS) is 16.7. The van der Waals surface area contributed by atoms with E-state index in [1.165, 1.54) is 16.7 Å². The molecule has 7 nitrogen and oxygen atoms in total. The molecule has 0 aromatic heterocycles. The molecule has 4 rings (SSSR count). The fraction of sp³-hybridized carbons (Fsp3) is 0.320. The zero-order valence-corrected chi connectivity index (χ0v) is 21.3. The first-order valence-corrected chi connectivity index (χ1v) is 12.8. The summed E-state index contributed by atoms with van der Waals surface area (Å²) in [5, 5.41) is 2.89. The van der Waals surface area contributed by atoms with Gasteiger partial charge in [-0.05, 0) is 64.7 Å². The van der Waals surface area contributed by atoms with Gasteiger partial charge >= 0.3 is 0 Å². The number of methoxy groups -OCH3 is 1. The quantitative estimate of drug-likeness (QED) is 0.401. The Labute approximate surface area is 211 Å². The number of ether oxygens (including phenoxy) is 1. The third kappa shape index (κ3) is 5.64. The lowest BCUT2D eigenvalue weighted by atomic mass is 10.2. The second-order valence-electron chi connectivity index (χ2n) is 8.05. The lowest BCUT2D eigenvalue weighted by Gasteiger charge is -2.30. The van der Waals surface area contributed by atoms with E-state index < -0.39 is 0 Å². The van der Waals surface area contributed by atoms with Crippen LogP contribution < -0.4 is 15.0 Å². The molecule has 2 heterocycles. The van der Waals surface area contributed by atoms with Gasteiger partial charge in [0.25, 0.3) is 5.91 Å². The van der Waals surface area contributed by atoms with E-state index in [1.54, 1.807) is 7.11 Å². The summed E-state index contributed by atoms with van der Waals surface area (Å²) in [4.78, 5) is 42.6. The van der Waals surface area contributed by atoms with E-state index in [1.807, 2.05) is 53.4 Å². The molecule has 178 valence electrons. The fourth-order valence-corrected chi connectivity index (χ4v) is 5.60. The van der Waals surface area contributed by atoms with Crippen molar-refractivity contribution in [3.63, 3.8) is 0 Å². The first-order chi connectivity index (χ1) is 16.5. The summed E-state index contributed by atoms with van der Waals surface area (Å²) in [6.07, 6.45) is 4.04. The fourth-order valence-electron chi connectivity index (χ4n) is 3.98. The number of thioether (sulfide) groups is 1. The minimum Gasteiger partial charge on any atom is -0.496 e. The number of nitrogens with zero attached hydrogens (tertiary/aromatic N) is 2. The van der Waals surface area contributed by atoms with Crippen molar-refractivity contribution in [1.82, 2.24) is 10.2 Å². The Morgan fingerprint density at radius 2 is 2.06 bits per heavy atom. The summed E-state index contributed by atoms with van der Waals surface area (Å²) >= 11 is 4.88. The van der Waals surface area contributed by atoms with Crippen LogP contribution in [0.4, 0.5) is 5.69 Å². The molecule has 3 amide bonds. The number of carbonyl (C=O) groups excluding carboxylic acids is 3. The maximum Gasteiger partial charge on any atom is 0.265 e. The second kappa shape index (κ2) is 11.1. The van der Waals surface area contributed by atoms with Crippen LogP contribution in [-0.4, -0.2) is 55.9 Å². The molecule has 2 aromatic carbocycles. The van der Waals surface area contributed by atoms with Crippen molar-refractivity contribution in [2.24, 2.45) is 0 Å². The van der Waals surface area contributed by atoms with Gasteiger partial charge in [-0.15, -0.1) is 0 Å². The summed E-state index contributed by atoms with van der Waals surface area (Å²) in [5.74, 6) is 0.452. The minimum atomic E-state index is -0.227. The standard InChI is InChI=1S/C25H26BrN3O4S/c1-33-20-10-9-17(14-18(20)26)15-22-25(32)29(19-6-2-3-7-21(19)34-22)16-23(30)27-11-5-13-28-12-4-8-24(28)31/h2-3,6-7,9-10,14-15H,4-5,8,11-13,16H2,1H3,(H,27,30)/b22-15-. The third-order valence-electron chi connectivity index (χ3n) is 5.71. The van der Waals surface area contributed by atoms with Crippen molar-refractivity contribution < 1.29 is 19.1 Å². The van der Waals surface area contributed by atoms with E-state index in [0.29, 0.717) is 36.6 Å². The van der Waals surface area contributed by atoms with E-state index >= 15 is 0 Å². The van der Waals surface area contributed by atoms with Crippen LogP contribution in [0.1, 0.15) is 24.8 Å². The molecule has 2 aliphatic heterocycles. The number of fused-ring (bicyclic) bond motifs is 1. The lowest BCUT2D eigenvalue weighted by molar-refractivity contribution is -0.127. The van der Waals surface area contributed by atoms with Gasteiger partial charge in [0.1, 0.15) is 12.3 Å². The molecule has 34 heavy (non-hydrogen) atoms. The predicted octanol–water partition coefficient (Wildman–Crippen LogP) is 4.07. The zero-order valence-electron chi connectivity index (χ0n) is 18.9. The van der Waals surface area contributed by atoms with Crippen LogP contribution in [0.5, 0.6) is 5.75 Å². The molecule has 1 saturated heterocycles. The number of benzene rings is 2. The molecular formula is C25H26BrN3O4S. The van der Waals surface area contributed by atoms with E-state index in [-0.39, 0.29) is 24.3 Å². The Bertz CT molecular complexity index is 1140. The molecule has 1 N–H and O–H groups in total. The average molecular weight is 544 g/mol.